The number of ether oxygens (including phenoxy) is 1. The molecule has 0 bridgehead atoms. The third kappa shape index (κ3) is 2.98. The zero-order chi connectivity index (χ0) is 10.6. The van der Waals surface area contributed by atoms with Crippen molar-refractivity contribution in [2.45, 2.75) is 39.7 Å². The van der Waals surface area contributed by atoms with E-state index in [1.165, 1.54) is 0 Å². The van der Waals surface area contributed by atoms with Crippen molar-refractivity contribution in [2.24, 2.45) is 11.8 Å². The van der Waals surface area contributed by atoms with Crippen LogP contribution in [0.2, 0.25) is 0 Å². The van der Waals surface area contributed by atoms with Crippen LogP contribution in [-0.4, -0.2) is 25.2 Å². The van der Waals surface area contributed by atoms with E-state index < -0.39 is 0 Å². The molecular formula is C11H21NO2. The van der Waals surface area contributed by atoms with Crippen molar-refractivity contribution in [1.29, 1.82) is 0 Å². The van der Waals surface area contributed by atoms with E-state index in [1.54, 1.807) is 0 Å². The molecule has 0 aromatic heterocycles. The van der Waals surface area contributed by atoms with Gasteiger partial charge < -0.3 is 10.1 Å². The Hall–Kier alpha value is -0.570. The molecule has 1 heterocycles. The molecule has 0 saturated carbocycles. The lowest BCUT2D eigenvalue weighted by Gasteiger charge is -2.31. The molecule has 1 N–H and O–H groups in total. The van der Waals surface area contributed by atoms with Crippen LogP contribution in [0.3, 0.4) is 0 Å². The minimum atomic E-state index is -0.0396. The van der Waals surface area contributed by atoms with Gasteiger partial charge in [-0.3, -0.25) is 4.79 Å². The quantitative estimate of drug-likeness (QED) is 0.701. The summed E-state index contributed by atoms with van der Waals surface area (Å²) in [6.07, 6.45) is 2.05. The minimum absolute atomic E-state index is 0.0396. The van der Waals surface area contributed by atoms with Gasteiger partial charge in [-0.25, -0.2) is 0 Å². The van der Waals surface area contributed by atoms with Gasteiger partial charge in [-0.05, 0) is 25.7 Å². The van der Waals surface area contributed by atoms with Gasteiger partial charge in [0, 0.05) is 12.6 Å². The van der Waals surface area contributed by atoms with Crippen molar-refractivity contribution in [1.82, 2.24) is 5.32 Å². The maximum absolute atomic E-state index is 11.4. The topological polar surface area (TPSA) is 38.3 Å². The zero-order valence-electron chi connectivity index (χ0n) is 9.38. The number of carbonyl (C=O) groups excluding carboxylic acids is 1. The Balaban J connectivity index is 2.31. The molecule has 2 unspecified atom stereocenters. The predicted molar refractivity (Wildman–Crippen MR) is 56.0 cm³/mol. The average molecular weight is 199 g/mol. The molecule has 1 aliphatic rings. The van der Waals surface area contributed by atoms with Gasteiger partial charge in [-0.15, -0.1) is 0 Å². The SMILES string of the molecule is CCOC(=O)C1CCC(C(C)C)NC1. The second-order valence-corrected chi connectivity index (χ2v) is 4.29. The van der Waals surface area contributed by atoms with Gasteiger partial charge in [0.2, 0.25) is 0 Å². The Kier molecular flexibility index (Phi) is 4.39. The lowest BCUT2D eigenvalue weighted by molar-refractivity contribution is -0.148. The van der Waals surface area contributed by atoms with Crippen molar-refractivity contribution in [3.05, 3.63) is 0 Å². The highest BCUT2D eigenvalue weighted by molar-refractivity contribution is 5.72. The van der Waals surface area contributed by atoms with Gasteiger partial charge in [0.1, 0.15) is 0 Å². The monoisotopic (exact) mass is 199 g/mol. The van der Waals surface area contributed by atoms with E-state index in [2.05, 4.69) is 19.2 Å². The Bertz CT molecular complexity index is 184. The van der Waals surface area contributed by atoms with E-state index >= 15 is 0 Å². The van der Waals surface area contributed by atoms with Gasteiger partial charge in [0.15, 0.2) is 0 Å². The molecule has 1 saturated heterocycles. The van der Waals surface area contributed by atoms with Crippen LogP contribution in [0.1, 0.15) is 33.6 Å². The zero-order valence-corrected chi connectivity index (χ0v) is 9.38. The van der Waals surface area contributed by atoms with Gasteiger partial charge in [0.25, 0.3) is 0 Å². The van der Waals surface area contributed by atoms with Gasteiger partial charge >= 0.3 is 5.97 Å². The first-order valence-electron chi connectivity index (χ1n) is 5.55. The molecule has 3 heteroatoms. The fourth-order valence-corrected chi connectivity index (χ4v) is 1.91. The van der Waals surface area contributed by atoms with E-state index in [-0.39, 0.29) is 11.9 Å². The first kappa shape index (κ1) is 11.5. The van der Waals surface area contributed by atoms with E-state index in [0.29, 0.717) is 18.6 Å². The molecule has 0 aromatic rings. The van der Waals surface area contributed by atoms with Crippen LogP contribution < -0.4 is 5.32 Å². The van der Waals surface area contributed by atoms with E-state index in [9.17, 15) is 4.79 Å². The van der Waals surface area contributed by atoms with Gasteiger partial charge in [-0.2, -0.15) is 0 Å². The normalized spacial score (nSPS) is 27.7. The Morgan fingerprint density at radius 1 is 1.50 bits per heavy atom. The van der Waals surface area contributed by atoms with Crippen molar-refractivity contribution in [3.8, 4) is 0 Å². The van der Waals surface area contributed by atoms with E-state index in [4.69, 9.17) is 4.74 Å². The first-order valence-corrected chi connectivity index (χ1v) is 5.55. The summed E-state index contributed by atoms with van der Waals surface area (Å²) in [4.78, 5) is 11.4. The molecule has 1 aliphatic heterocycles. The van der Waals surface area contributed by atoms with Crippen LogP contribution in [0.15, 0.2) is 0 Å². The fourth-order valence-electron chi connectivity index (χ4n) is 1.91. The van der Waals surface area contributed by atoms with Crippen molar-refractivity contribution in [3.63, 3.8) is 0 Å². The number of rotatable bonds is 3. The second-order valence-electron chi connectivity index (χ2n) is 4.29. The summed E-state index contributed by atoms with van der Waals surface area (Å²) in [7, 11) is 0. The molecule has 0 aliphatic carbocycles. The van der Waals surface area contributed by atoms with Gasteiger partial charge in [-0.1, -0.05) is 13.8 Å². The van der Waals surface area contributed by atoms with Crippen LogP contribution in [-0.2, 0) is 9.53 Å². The smallest absolute Gasteiger partial charge is 0.310 e. The molecule has 1 fully saturated rings. The fraction of sp³-hybridized carbons (Fsp3) is 0.909. The highest BCUT2D eigenvalue weighted by atomic mass is 16.5. The molecule has 14 heavy (non-hydrogen) atoms. The molecule has 0 spiro atoms. The molecule has 1 rings (SSSR count). The van der Waals surface area contributed by atoms with E-state index in [1.807, 2.05) is 6.92 Å². The third-order valence-corrected chi connectivity index (χ3v) is 2.88. The highest BCUT2D eigenvalue weighted by Gasteiger charge is 2.27. The number of esters is 1. The minimum Gasteiger partial charge on any atom is -0.466 e. The van der Waals surface area contributed by atoms with Crippen LogP contribution in [0, 0.1) is 11.8 Å². The summed E-state index contributed by atoms with van der Waals surface area (Å²) < 4.78 is 5.00. The van der Waals surface area contributed by atoms with Crippen molar-refractivity contribution < 1.29 is 9.53 Å². The first-order chi connectivity index (χ1) is 6.65. The predicted octanol–water partition coefficient (Wildman–Crippen LogP) is 1.57. The molecular weight excluding hydrogens is 178 g/mol. The van der Waals surface area contributed by atoms with Gasteiger partial charge in [0.05, 0.1) is 12.5 Å². The van der Waals surface area contributed by atoms with Crippen LogP contribution >= 0.6 is 0 Å². The maximum Gasteiger partial charge on any atom is 0.310 e. The molecule has 0 amide bonds. The molecule has 2 atom stereocenters. The number of hydrogen-bond donors (Lipinski definition) is 1. The van der Waals surface area contributed by atoms with Crippen LogP contribution in [0.5, 0.6) is 0 Å². The molecule has 82 valence electrons. The summed E-state index contributed by atoms with van der Waals surface area (Å²) in [6, 6.07) is 0.570. The van der Waals surface area contributed by atoms with Crippen LogP contribution in [0.25, 0.3) is 0 Å². The summed E-state index contributed by atoms with van der Waals surface area (Å²) in [5.41, 5.74) is 0. The lowest BCUT2D eigenvalue weighted by atomic mass is 9.89. The number of hydrogen-bond acceptors (Lipinski definition) is 3. The maximum atomic E-state index is 11.4. The lowest BCUT2D eigenvalue weighted by Crippen LogP contribution is -2.44. The van der Waals surface area contributed by atoms with E-state index in [0.717, 1.165) is 19.4 Å². The Morgan fingerprint density at radius 2 is 2.21 bits per heavy atom. The number of carbonyl (C=O) groups is 1. The summed E-state index contributed by atoms with van der Waals surface area (Å²) in [6.45, 7) is 7.54. The Morgan fingerprint density at radius 3 is 2.64 bits per heavy atom. The van der Waals surface area contributed by atoms with Crippen LogP contribution in [0.4, 0.5) is 0 Å². The second kappa shape index (κ2) is 5.35. The Labute approximate surface area is 86.2 Å². The summed E-state index contributed by atoms with van der Waals surface area (Å²) >= 11 is 0. The largest absolute Gasteiger partial charge is 0.466 e. The average Bonchev–Trinajstić information content (AvgIpc) is 2.18. The third-order valence-electron chi connectivity index (χ3n) is 2.88. The molecule has 3 nitrogen and oxygen atoms in total. The highest BCUT2D eigenvalue weighted by Crippen LogP contribution is 2.19. The molecule has 0 radical (unpaired) electrons. The molecule has 0 aromatic carbocycles. The van der Waals surface area contributed by atoms with Crippen molar-refractivity contribution >= 4 is 5.97 Å². The standard InChI is InChI=1S/C11H21NO2/c1-4-14-11(13)9-5-6-10(8(2)3)12-7-9/h8-10,12H,4-7H2,1-3H3. The van der Waals surface area contributed by atoms with Crippen molar-refractivity contribution in [2.75, 3.05) is 13.2 Å². The summed E-state index contributed by atoms with van der Waals surface area (Å²) in [5, 5.41) is 3.41. The number of piperidine rings is 1. The number of nitrogens with one attached hydrogen (secondary N) is 1. The summed E-state index contributed by atoms with van der Waals surface area (Å²) in [5.74, 6) is 0.685.